The first-order chi connectivity index (χ1) is 16.3. The van der Waals surface area contributed by atoms with Gasteiger partial charge in [-0.3, -0.25) is 4.79 Å². The van der Waals surface area contributed by atoms with Crippen LogP contribution >= 0.6 is 11.3 Å². The molecule has 2 N–H and O–H groups in total. The van der Waals surface area contributed by atoms with Crippen LogP contribution in [0.1, 0.15) is 28.5 Å². The van der Waals surface area contributed by atoms with Gasteiger partial charge < -0.3 is 5.32 Å². The Balaban J connectivity index is 1.53. The molecule has 0 aliphatic carbocycles. The molecule has 1 unspecified atom stereocenters. The quantitative estimate of drug-likeness (QED) is 0.342. The third-order valence-electron chi connectivity index (χ3n) is 5.31. The highest BCUT2D eigenvalue weighted by Crippen LogP contribution is 2.30. The molecule has 4 aromatic rings. The lowest BCUT2D eigenvalue weighted by Gasteiger charge is -2.19. The minimum Gasteiger partial charge on any atom is -0.302 e. The lowest BCUT2D eigenvalue weighted by molar-refractivity contribution is -0.116. The minimum absolute atomic E-state index is 0.0750. The predicted octanol–water partition coefficient (Wildman–Crippen LogP) is 5.48. The van der Waals surface area contributed by atoms with E-state index in [1.54, 1.807) is 36.4 Å². The van der Waals surface area contributed by atoms with Gasteiger partial charge in [0.1, 0.15) is 0 Å². The van der Waals surface area contributed by atoms with Crippen LogP contribution in [0.3, 0.4) is 0 Å². The molecular weight excluding hydrogens is 466 g/mol. The molecule has 6 nitrogen and oxygen atoms in total. The number of hydrogen-bond donors (Lipinski definition) is 2. The highest BCUT2D eigenvalue weighted by Gasteiger charge is 2.24. The van der Waals surface area contributed by atoms with Gasteiger partial charge in [0.25, 0.3) is 0 Å². The van der Waals surface area contributed by atoms with Crippen molar-refractivity contribution >= 4 is 32.4 Å². The highest BCUT2D eigenvalue weighted by atomic mass is 32.2. The van der Waals surface area contributed by atoms with Gasteiger partial charge >= 0.3 is 0 Å². The fourth-order valence-corrected chi connectivity index (χ4v) is 5.63. The Kier molecular flexibility index (Phi) is 7.21. The van der Waals surface area contributed by atoms with Gasteiger partial charge in [-0.2, -0.15) is 0 Å². The van der Waals surface area contributed by atoms with E-state index in [0.29, 0.717) is 10.7 Å². The third-order valence-corrected chi connectivity index (χ3v) is 7.68. The molecule has 0 fully saturated rings. The standard InChI is InChI=1S/C26H25N3O3S2/c1-18-13-15-22(16-14-18)34(31,32)29-23(20-9-5-3-6-10-20)17-24(30)27-26-28-25(19(2)33-26)21-11-7-4-8-12-21/h3-16,23,29H,17H2,1-2H3,(H,27,28,30). The number of aryl methyl sites for hydroxylation is 2. The van der Waals surface area contributed by atoms with Gasteiger partial charge in [-0.15, -0.1) is 11.3 Å². The van der Waals surface area contributed by atoms with E-state index in [1.165, 1.54) is 11.3 Å². The smallest absolute Gasteiger partial charge is 0.241 e. The molecule has 0 spiro atoms. The molecule has 34 heavy (non-hydrogen) atoms. The van der Waals surface area contributed by atoms with Crippen LogP contribution in [0.15, 0.2) is 89.8 Å². The molecule has 174 valence electrons. The van der Waals surface area contributed by atoms with Gasteiger partial charge in [-0.1, -0.05) is 78.4 Å². The van der Waals surface area contributed by atoms with Gasteiger partial charge in [0.05, 0.1) is 16.6 Å². The van der Waals surface area contributed by atoms with Crippen LogP contribution in [0.5, 0.6) is 0 Å². The largest absolute Gasteiger partial charge is 0.302 e. The second-order valence-electron chi connectivity index (χ2n) is 7.94. The van der Waals surface area contributed by atoms with Crippen molar-refractivity contribution in [2.75, 3.05) is 5.32 Å². The number of sulfonamides is 1. The van der Waals surface area contributed by atoms with E-state index in [1.807, 2.05) is 62.4 Å². The number of rotatable bonds is 8. The van der Waals surface area contributed by atoms with E-state index < -0.39 is 16.1 Å². The Morgan fingerprint density at radius 1 is 0.912 bits per heavy atom. The van der Waals surface area contributed by atoms with Crippen molar-refractivity contribution in [3.8, 4) is 11.3 Å². The zero-order valence-corrected chi connectivity index (χ0v) is 20.5. The molecule has 3 aromatic carbocycles. The predicted molar refractivity (Wildman–Crippen MR) is 136 cm³/mol. The number of carbonyl (C=O) groups is 1. The Labute approximate surface area is 203 Å². The van der Waals surface area contributed by atoms with Crippen molar-refractivity contribution in [3.63, 3.8) is 0 Å². The van der Waals surface area contributed by atoms with E-state index in [4.69, 9.17) is 0 Å². The molecule has 0 radical (unpaired) electrons. The fraction of sp³-hybridized carbons (Fsp3) is 0.154. The lowest BCUT2D eigenvalue weighted by Crippen LogP contribution is -2.31. The van der Waals surface area contributed by atoms with Gasteiger partial charge in [0, 0.05) is 16.9 Å². The van der Waals surface area contributed by atoms with Crippen LogP contribution < -0.4 is 10.0 Å². The molecule has 0 saturated carbocycles. The average molecular weight is 492 g/mol. The summed E-state index contributed by atoms with van der Waals surface area (Å²) in [5.74, 6) is -0.325. The summed E-state index contributed by atoms with van der Waals surface area (Å²) >= 11 is 1.39. The monoisotopic (exact) mass is 491 g/mol. The van der Waals surface area contributed by atoms with E-state index in [9.17, 15) is 13.2 Å². The summed E-state index contributed by atoms with van der Waals surface area (Å²) in [5.41, 5.74) is 3.46. The fourth-order valence-electron chi connectivity index (χ4n) is 3.56. The summed E-state index contributed by atoms with van der Waals surface area (Å²) in [6.45, 7) is 3.85. The molecule has 8 heteroatoms. The van der Waals surface area contributed by atoms with Crippen LogP contribution in [-0.4, -0.2) is 19.3 Å². The van der Waals surface area contributed by atoms with Crippen molar-refractivity contribution in [3.05, 3.63) is 101 Å². The SMILES string of the molecule is Cc1ccc(S(=O)(=O)NC(CC(=O)Nc2nc(-c3ccccc3)c(C)s2)c2ccccc2)cc1. The van der Waals surface area contributed by atoms with Crippen LogP contribution in [0.25, 0.3) is 11.3 Å². The topological polar surface area (TPSA) is 88.2 Å². The number of carbonyl (C=O) groups excluding carboxylic acids is 1. The summed E-state index contributed by atoms with van der Waals surface area (Å²) in [6, 6.07) is 24.7. The van der Waals surface area contributed by atoms with Gasteiger partial charge in [-0.25, -0.2) is 18.1 Å². The molecule has 1 amide bonds. The number of anilines is 1. The van der Waals surface area contributed by atoms with E-state index >= 15 is 0 Å². The molecule has 0 aliphatic heterocycles. The van der Waals surface area contributed by atoms with Crippen molar-refractivity contribution in [2.45, 2.75) is 31.2 Å². The summed E-state index contributed by atoms with van der Waals surface area (Å²) in [5, 5.41) is 3.32. The maximum atomic E-state index is 13.0. The number of thiazole rings is 1. The van der Waals surface area contributed by atoms with Crippen molar-refractivity contribution in [1.29, 1.82) is 0 Å². The van der Waals surface area contributed by atoms with Crippen molar-refractivity contribution in [2.24, 2.45) is 0 Å². The summed E-state index contributed by atoms with van der Waals surface area (Å²) in [6.07, 6.45) is -0.0750. The maximum absolute atomic E-state index is 13.0. The summed E-state index contributed by atoms with van der Waals surface area (Å²) in [4.78, 5) is 18.7. The van der Waals surface area contributed by atoms with Crippen LogP contribution in [0.4, 0.5) is 5.13 Å². The molecule has 1 atom stereocenters. The number of nitrogens with zero attached hydrogens (tertiary/aromatic N) is 1. The highest BCUT2D eigenvalue weighted by molar-refractivity contribution is 7.89. The number of amides is 1. The zero-order valence-electron chi connectivity index (χ0n) is 18.9. The van der Waals surface area contributed by atoms with Gasteiger partial charge in [0.15, 0.2) is 5.13 Å². The maximum Gasteiger partial charge on any atom is 0.241 e. The molecule has 1 heterocycles. The first-order valence-corrected chi connectivity index (χ1v) is 13.1. The van der Waals surface area contributed by atoms with Crippen molar-refractivity contribution < 1.29 is 13.2 Å². The van der Waals surface area contributed by atoms with Gasteiger partial charge in [-0.05, 0) is 31.5 Å². The lowest BCUT2D eigenvalue weighted by atomic mass is 10.0. The molecule has 1 aromatic heterocycles. The molecule has 0 bridgehead atoms. The van der Waals surface area contributed by atoms with Crippen molar-refractivity contribution in [1.82, 2.24) is 9.71 Å². The molecular formula is C26H25N3O3S2. The zero-order chi connectivity index (χ0) is 24.1. The first kappa shape index (κ1) is 23.8. The average Bonchev–Trinajstić information content (AvgIpc) is 3.19. The summed E-state index contributed by atoms with van der Waals surface area (Å²) < 4.78 is 28.7. The van der Waals surface area contributed by atoms with E-state index in [-0.39, 0.29) is 17.2 Å². The number of aromatic nitrogens is 1. The van der Waals surface area contributed by atoms with Crippen LogP contribution in [0, 0.1) is 13.8 Å². The van der Waals surface area contributed by atoms with Crippen LogP contribution in [-0.2, 0) is 14.8 Å². The Morgan fingerprint density at radius 3 is 2.18 bits per heavy atom. The summed E-state index contributed by atoms with van der Waals surface area (Å²) in [7, 11) is -3.82. The Morgan fingerprint density at radius 2 is 1.53 bits per heavy atom. The van der Waals surface area contributed by atoms with Gasteiger partial charge in [0.2, 0.25) is 15.9 Å². The van der Waals surface area contributed by atoms with Crippen LogP contribution in [0.2, 0.25) is 0 Å². The molecule has 4 rings (SSSR count). The normalized spacial score (nSPS) is 12.3. The number of benzene rings is 3. The first-order valence-electron chi connectivity index (χ1n) is 10.8. The third kappa shape index (κ3) is 5.77. The number of hydrogen-bond acceptors (Lipinski definition) is 5. The number of nitrogens with one attached hydrogen (secondary N) is 2. The Bertz CT molecular complexity index is 1370. The Hall–Kier alpha value is -3.33. The second-order valence-corrected chi connectivity index (χ2v) is 10.9. The molecule has 0 saturated heterocycles. The second kappa shape index (κ2) is 10.3. The minimum atomic E-state index is -3.82. The van der Waals surface area contributed by atoms with E-state index in [0.717, 1.165) is 21.7 Å². The van der Waals surface area contributed by atoms with E-state index in [2.05, 4.69) is 15.0 Å². The molecule has 0 aliphatic rings.